The number of rotatable bonds is 5. The molecule has 0 saturated carbocycles. The minimum atomic E-state index is -0.558. The summed E-state index contributed by atoms with van der Waals surface area (Å²) in [6.07, 6.45) is 2.22. The molecule has 2 heterocycles. The predicted octanol–water partition coefficient (Wildman–Crippen LogP) is 3.93. The van der Waals surface area contributed by atoms with E-state index in [0.29, 0.717) is 12.0 Å². The molecule has 6 heteroatoms. The van der Waals surface area contributed by atoms with Gasteiger partial charge in [0.25, 0.3) is 5.91 Å². The second-order valence-electron chi connectivity index (χ2n) is 9.33. The Kier molecular flexibility index (Phi) is 6.07. The number of nitrogens with one attached hydrogen (secondary N) is 1. The van der Waals surface area contributed by atoms with Crippen LogP contribution in [0.2, 0.25) is 0 Å². The van der Waals surface area contributed by atoms with Gasteiger partial charge in [-0.3, -0.25) is 14.8 Å². The van der Waals surface area contributed by atoms with Crippen molar-refractivity contribution in [2.75, 3.05) is 24.5 Å². The Morgan fingerprint density at radius 3 is 2.24 bits per heavy atom. The van der Waals surface area contributed by atoms with E-state index in [-0.39, 0.29) is 11.3 Å². The molecule has 1 fully saturated rings. The minimum absolute atomic E-state index is 0.0848. The molecule has 0 radical (unpaired) electrons. The summed E-state index contributed by atoms with van der Waals surface area (Å²) >= 11 is 0. The van der Waals surface area contributed by atoms with Crippen molar-refractivity contribution in [2.24, 2.45) is 0 Å². The minimum Gasteiger partial charge on any atom is -0.366 e. The van der Waals surface area contributed by atoms with Crippen molar-refractivity contribution >= 4 is 17.5 Å². The zero-order chi connectivity index (χ0) is 23.5. The van der Waals surface area contributed by atoms with E-state index in [4.69, 9.17) is 5.21 Å². The van der Waals surface area contributed by atoms with E-state index in [1.165, 1.54) is 16.8 Å². The van der Waals surface area contributed by atoms with Crippen LogP contribution in [-0.4, -0.2) is 41.6 Å². The number of fused-ring (bicyclic) bond motifs is 2. The standard InChI is InChI=1S/C28H29N3O3/c32-26(18-21-10-12-23(13-11-21)27(33)29-34)30-16-14-28(15-17-30)20-31(19-22-6-2-1-3-7-22)25-9-5-4-8-24(25)28/h1-13,34H,14-20H2,(H,29,33). The van der Waals surface area contributed by atoms with E-state index in [0.717, 1.165) is 44.6 Å². The Balaban J connectivity index is 1.25. The Labute approximate surface area is 199 Å². The van der Waals surface area contributed by atoms with Crippen LogP contribution in [0, 0.1) is 0 Å². The lowest BCUT2D eigenvalue weighted by Gasteiger charge is -2.40. The fraction of sp³-hybridized carbons (Fsp3) is 0.286. The topological polar surface area (TPSA) is 72.9 Å². The average molecular weight is 456 g/mol. The van der Waals surface area contributed by atoms with Gasteiger partial charge in [-0.25, -0.2) is 5.48 Å². The smallest absolute Gasteiger partial charge is 0.274 e. The van der Waals surface area contributed by atoms with Crippen molar-refractivity contribution in [2.45, 2.75) is 31.2 Å². The lowest BCUT2D eigenvalue weighted by atomic mass is 9.74. The molecular weight excluding hydrogens is 426 g/mol. The van der Waals surface area contributed by atoms with Crippen molar-refractivity contribution in [1.29, 1.82) is 0 Å². The van der Waals surface area contributed by atoms with Gasteiger partial charge in [-0.1, -0.05) is 60.7 Å². The van der Waals surface area contributed by atoms with Crippen LogP contribution in [0.15, 0.2) is 78.9 Å². The van der Waals surface area contributed by atoms with Crippen molar-refractivity contribution in [3.05, 3.63) is 101 Å². The van der Waals surface area contributed by atoms with Crippen LogP contribution in [0.3, 0.4) is 0 Å². The summed E-state index contributed by atoms with van der Waals surface area (Å²) in [5.41, 5.74) is 6.97. The van der Waals surface area contributed by atoms with Crippen LogP contribution >= 0.6 is 0 Å². The number of benzene rings is 3. The van der Waals surface area contributed by atoms with E-state index in [1.807, 2.05) is 4.90 Å². The van der Waals surface area contributed by atoms with E-state index < -0.39 is 5.91 Å². The van der Waals surface area contributed by atoms with Crippen LogP contribution in [0.4, 0.5) is 5.69 Å². The maximum atomic E-state index is 13.0. The third kappa shape index (κ3) is 4.29. The predicted molar refractivity (Wildman–Crippen MR) is 131 cm³/mol. The Morgan fingerprint density at radius 2 is 1.53 bits per heavy atom. The van der Waals surface area contributed by atoms with Gasteiger partial charge in [-0.15, -0.1) is 0 Å². The lowest BCUT2D eigenvalue weighted by molar-refractivity contribution is -0.132. The van der Waals surface area contributed by atoms with Gasteiger partial charge in [-0.05, 0) is 47.7 Å². The number of likely N-dealkylation sites (tertiary alicyclic amines) is 1. The molecule has 2 amide bonds. The summed E-state index contributed by atoms with van der Waals surface area (Å²) in [5, 5.41) is 8.75. The molecule has 1 spiro atoms. The fourth-order valence-corrected chi connectivity index (χ4v) is 5.41. The average Bonchev–Trinajstić information content (AvgIpc) is 3.17. The molecule has 1 saturated heterocycles. The van der Waals surface area contributed by atoms with Gasteiger partial charge in [0.05, 0.1) is 6.42 Å². The van der Waals surface area contributed by atoms with Crippen LogP contribution in [0.25, 0.3) is 0 Å². The monoisotopic (exact) mass is 455 g/mol. The number of carbonyl (C=O) groups excluding carboxylic acids is 2. The van der Waals surface area contributed by atoms with Gasteiger partial charge < -0.3 is 9.80 Å². The van der Waals surface area contributed by atoms with Crippen LogP contribution in [0.1, 0.15) is 39.9 Å². The molecule has 2 aliphatic heterocycles. The maximum Gasteiger partial charge on any atom is 0.274 e. The van der Waals surface area contributed by atoms with Crippen molar-refractivity contribution in [1.82, 2.24) is 10.4 Å². The maximum absolute atomic E-state index is 13.0. The highest BCUT2D eigenvalue weighted by Gasteiger charge is 2.44. The van der Waals surface area contributed by atoms with Crippen molar-refractivity contribution in [3.63, 3.8) is 0 Å². The zero-order valence-corrected chi connectivity index (χ0v) is 19.1. The zero-order valence-electron chi connectivity index (χ0n) is 19.1. The number of hydrogen-bond donors (Lipinski definition) is 2. The molecule has 3 aromatic carbocycles. The number of hydroxylamine groups is 1. The van der Waals surface area contributed by atoms with Gasteiger partial charge in [0.2, 0.25) is 5.91 Å². The van der Waals surface area contributed by atoms with Gasteiger partial charge in [-0.2, -0.15) is 0 Å². The number of carbonyl (C=O) groups is 2. The number of piperidine rings is 1. The molecule has 0 aromatic heterocycles. The van der Waals surface area contributed by atoms with E-state index in [9.17, 15) is 9.59 Å². The van der Waals surface area contributed by atoms with Gasteiger partial charge in [0, 0.05) is 42.8 Å². The lowest BCUT2D eigenvalue weighted by Crippen LogP contribution is -2.47. The first-order chi connectivity index (χ1) is 16.6. The number of anilines is 1. The molecule has 0 bridgehead atoms. The summed E-state index contributed by atoms with van der Waals surface area (Å²) in [5.74, 6) is -0.445. The summed E-state index contributed by atoms with van der Waals surface area (Å²) < 4.78 is 0. The number of nitrogens with zero attached hydrogens (tertiary/aromatic N) is 2. The van der Waals surface area contributed by atoms with Crippen molar-refractivity contribution < 1.29 is 14.8 Å². The molecule has 5 rings (SSSR count). The second kappa shape index (κ2) is 9.31. The molecule has 3 aromatic rings. The molecule has 0 aliphatic carbocycles. The summed E-state index contributed by atoms with van der Waals surface area (Å²) in [4.78, 5) is 29.0. The quantitative estimate of drug-likeness (QED) is 0.452. The first kappa shape index (κ1) is 22.2. The molecule has 174 valence electrons. The molecule has 0 unspecified atom stereocenters. The highest BCUT2D eigenvalue weighted by Crippen LogP contribution is 2.47. The summed E-state index contributed by atoms with van der Waals surface area (Å²) in [7, 11) is 0. The van der Waals surface area contributed by atoms with Crippen molar-refractivity contribution in [3.8, 4) is 0 Å². The second-order valence-corrected chi connectivity index (χ2v) is 9.33. The Morgan fingerprint density at radius 1 is 0.853 bits per heavy atom. The van der Waals surface area contributed by atoms with Gasteiger partial charge >= 0.3 is 0 Å². The van der Waals surface area contributed by atoms with Crippen LogP contribution in [-0.2, 0) is 23.2 Å². The van der Waals surface area contributed by atoms with E-state index >= 15 is 0 Å². The molecule has 6 nitrogen and oxygen atoms in total. The third-order valence-electron chi connectivity index (χ3n) is 7.27. The number of hydrogen-bond acceptors (Lipinski definition) is 4. The summed E-state index contributed by atoms with van der Waals surface area (Å²) in [6, 6.07) is 26.1. The highest BCUT2D eigenvalue weighted by molar-refractivity contribution is 5.93. The Bertz CT molecular complexity index is 1170. The van der Waals surface area contributed by atoms with Crippen LogP contribution < -0.4 is 10.4 Å². The van der Waals surface area contributed by atoms with Crippen LogP contribution in [0.5, 0.6) is 0 Å². The van der Waals surface area contributed by atoms with Gasteiger partial charge in [0.1, 0.15) is 0 Å². The first-order valence-electron chi connectivity index (χ1n) is 11.8. The van der Waals surface area contributed by atoms with Gasteiger partial charge in [0.15, 0.2) is 0 Å². The Hall–Kier alpha value is -3.64. The number of para-hydroxylation sites is 1. The largest absolute Gasteiger partial charge is 0.366 e. The summed E-state index contributed by atoms with van der Waals surface area (Å²) in [6.45, 7) is 3.37. The molecular formula is C28H29N3O3. The highest BCUT2D eigenvalue weighted by atomic mass is 16.5. The molecule has 2 aliphatic rings. The van der Waals surface area contributed by atoms with E-state index in [1.54, 1.807) is 29.7 Å². The first-order valence-corrected chi connectivity index (χ1v) is 11.8. The third-order valence-corrected chi connectivity index (χ3v) is 7.27. The molecule has 0 atom stereocenters. The normalized spacial score (nSPS) is 16.4. The molecule has 34 heavy (non-hydrogen) atoms. The SMILES string of the molecule is O=C(NO)c1ccc(CC(=O)N2CCC3(CC2)CN(Cc2ccccc2)c2ccccc23)cc1. The fourth-order valence-electron chi connectivity index (χ4n) is 5.41. The molecule has 2 N–H and O–H groups in total. The van der Waals surface area contributed by atoms with E-state index in [2.05, 4.69) is 59.5 Å². The number of amides is 2.